The third kappa shape index (κ3) is 7.34. The third-order valence-corrected chi connectivity index (χ3v) is 5.50. The highest BCUT2D eigenvalue weighted by Crippen LogP contribution is 2.30. The van der Waals surface area contributed by atoms with E-state index in [1.807, 2.05) is 6.07 Å². The van der Waals surface area contributed by atoms with Crippen LogP contribution in [-0.2, 0) is 17.8 Å². The number of aryl methyl sites for hydroxylation is 1. The summed E-state index contributed by atoms with van der Waals surface area (Å²) in [5, 5.41) is 10.9. The van der Waals surface area contributed by atoms with Crippen molar-refractivity contribution in [2.75, 3.05) is 39.9 Å². The van der Waals surface area contributed by atoms with Crippen molar-refractivity contribution < 1.29 is 32.4 Å². The van der Waals surface area contributed by atoms with E-state index in [9.17, 15) is 28.1 Å². The Labute approximate surface area is 195 Å². The predicted octanol–water partition coefficient (Wildman–Crippen LogP) is 3.82. The van der Waals surface area contributed by atoms with E-state index in [4.69, 9.17) is 9.47 Å². The zero-order chi connectivity index (χ0) is 24.7. The number of benzene rings is 2. The number of rotatable bonds is 9. The number of non-ortho nitro benzene ring substituents is 1. The SMILES string of the molecule is COc1cc(CCC(=O)N2CCN(Cc3cccc([N+](=O)[O-])c3)CC2)ccc1OCC(F)(F)F. The Hall–Kier alpha value is -3.34. The smallest absolute Gasteiger partial charge is 0.422 e. The minimum atomic E-state index is -4.45. The number of amides is 1. The number of methoxy groups -OCH3 is 1. The summed E-state index contributed by atoms with van der Waals surface area (Å²) in [6.45, 7) is 1.60. The van der Waals surface area contributed by atoms with E-state index in [2.05, 4.69) is 4.90 Å². The van der Waals surface area contributed by atoms with Gasteiger partial charge in [0.25, 0.3) is 5.69 Å². The maximum Gasteiger partial charge on any atom is 0.422 e. The Morgan fingerprint density at radius 3 is 2.44 bits per heavy atom. The van der Waals surface area contributed by atoms with Gasteiger partial charge in [-0.15, -0.1) is 0 Å². The number of hydrogen-bond acceptors (Lipinski definition) is 6. The van der Waals surface area contributed by atoms with Crippen molar-refractivity contribution in [1.29, 1.82) is 0 Å². The molecule has 2 aromatic rings. The van der Waals surface area contributed by atoms with Crippen molar-refractivity contribution in [3.8, 4) is 11.5 Å². The van der Waals surface area contributed by atoms with Crippen LogP contribution in [-0.4, -0.2) is 66.7 Å². The fourth-order valence-electron chi connectivity index (χ4n) is 3.74. The molecule has 1 aliphatic heterocycles. The van der Waals surface area contributed by atoms with Crippen LogP contribution in [0.25, 0.3) is 0 Å². The van der Waals surface area contributed by atoms with E-state index in [0.717, 1.165) is 11.1 Å². The first-order valence-electron chi connectivity index (χ1n) is 10.7. The molecule has 0 bridgehead atoms. The first kappa shape index (κ1) is 25.3. The molecule has 1 saturated heterocycles. The number of piperazine rings is 1. The number of carbonyl (C=O) groups is 1. The van der Waals surface area contributed by atoms with Crippen LogP contribution in [0.1, 0.15) is 17.5 Å². The molecule has 2 aromatic carbocycles. The zero-order valence-electron chi connectivity index (χ0n) is 18.7. The van der Waals surface area contributed by atoms with Gasteiger partial charge in [-0.3, -0.25) is 19.8 Å². The van der Waals surface area contributed by atoms with E-state index in [1.165, 1.54) is 19.2 Å². The van der Waals surface area contributed by atoms with Gasteiger partial charge in [0.15, 0.2) is 18.1 Å². The molecule has 0 radical (unpaired) electrons. The van der Waals surface area contributed by atoms with Crippen LogP contribution in [0, 0.1) is 10.1 Å². The molecule has 1 aliphatic rings. The molecule has 184 valence electrons. The summed E-state index contributed by atoms with van der Waals surface area (Å²) in [5.74, 6) is 0.171. The van der Waals surface area contributed by atoms with Crippen molar-refractivity contribution in [2.24, 2.45) is 0 Å². The molecule has 0 aliphatic carbocycles. The van der Waals surface area contributed by atoms with Crippen molar-refractivity contribution >= 4 is 11.6 Å². The standard InChI is InChI=1S/C23H26F3N3O5/c1-33-21-14-17(5-7-20(21)34-16-23(24,25)26)6-8-22(30)28-11-9-27(10-12-28)15-18-3-2-4-19(13-18)29(31)32/h2-5,7,13-14H,6,8-12,15-16H2,1H3. The summed E-state index contributed by atoms with van der Waals surface area (Å²) in [6.07, 6.45) is -3.77. The maximum atomic E-state index is 12.6. The highest BCUT2D eigenvalue weighted by Gasteiger charge is 2.29. The van der Waals surface area contributed by atoms with Crippen molar-refractivity contribution in [1.82, 2.24) is 9.80 Å². The minimum absolute atomic E-state index is 0.00484. The molecule has 0 spiro atoms. The molecular formula is C23H26F3N3O5. The number of nitro groups is 1. The Bertz CT molecular complexity index is 1010. The largest absolute Gasteiger partial charge is 0.493 e. The highest BCUT2D eigenvalue weighted by molar-refractivity contribution is 5.76. The average molecular weight is 481 g/mol. The number of halogens is 3. The van der Waals surface area contributed by atoms with Gasteiger partial charge in [0.1, 0.15) is 0 Å². The van der Waals surface area contributed by atoms with Gasteiger partial charge in [0.05, 0.1) is 12.0 Å². The summed E-state index contributed by atoms with van der Waals surface area (Å²) < 4.78 is 47.1. The second-order valence-electron chi connectivity index (χ2n) is 7.97. The van der Waals surface area contributed by atoms with E-state index in [1.54, 1.807) is 29.2 Å². The van der Waals surface area contributed by atoms with Crippen molar-refractivity contribution in [2.45, 2.75) is 25.6 Å². The molecule has 11 heteroatoms. The molecule has 8 nitrogen and oxygen atoms in total. The van der Waals surface area contributed by atoms with Crippen molar-refractivity contribution in [3.63, 3.8) is 0 Å². The lowest BCUT2D eigenvalue weighted by molar-refractivity contribution is -0.384. The molecule has 0 aromatic heterocycles. The molecule has 1 heterocycles. The first-order valence-corrected chi connectivity index (χ1v) is 10.7. The number of ether oxygens (including phenoxy) is 2. The second-order valence-corrected chi connectivity index (χ2v) is 7.97. The first-order chi connectivity index (χ1) is 16.1. The van der Waals surface area contributed by atoms with Gasteiger partial charge in [-0.05, 0) is 29.7 Å². The average Bonchev–Trinajstić information content (AvgIpc) is 2.81. The molecule has 34 heavy (non-hydrogen) atoms. The Balaban J connectivity index is 1.47. The lowest BCUT2D eigenvalue weighted by Gasteiger charge is -2.34. The van der Waals surface area contributed by atoms with Crippen molar-refractivity contribution in [3.05, 3.63) is 63.7 Å². The van der Waals surface area contributed by atoms with E-state index in [0.29, 0.717) is 39.1 Å². The van der Waals surface area contributed by atoms with E-state index >= 15 is 0 Å². The summed E-state index contributed by atoms with van der Waals surface area (Å²) in [4.78, 5) is 27.1. The lowest BCUT2D eigenvalue weighted by Crippen LogP contribution is -2.48. The van der Waals surface area contributed by atoms with Crippen LogP contribution >= 0.6 is 0 Å². The van der Waals surface area contributed by atoms with Gasteiger partial charge in [-0.25, -0.2) is 0 Å². The molecule has 0 atom stereocenters. The van der Waals surface area contributed by atoms with Gasteiger partial charge in [-0.2, -0.15) is 13.2 Å². The fourth-order valence-corrected chi connectivity index (χ4v) is 3.74. The van der Waals surface area contributed by atoms with Gasteiger partial charge >= 0.3 is 6.18 Å². The molecule has 0 N–H and O–H groups in total. The van der Waals surface area contributed by atoms with Gasteiger partial charge in [-0.1, -0.05) is 18.2 Å². The number of carbonyl (C=O) groups excluding carboxylic acids is 1. The van der Waals surface area contributed by atoms with Gasteiger partial charge in [0.2, 0.25) is 5.91 Å². The minimum Gasteiger partial charge on any atom is -0.493 e. The zero-order valence-corrected chi connectivity index (χ0v) is 18.7. The topological polar surface area (TPSA) is 85.2 Å². The number of hydrogen-bond donors (Lipinski definition) is 0. The van der Waals surface area contributed by atoms with Crippen LogP contribution in [0.2, 0.25) is 0 Å². The molecule has 0 saturated carbocycles. The normalized spacial score (nSPS) is 14.6. The monoisotopic (exact) mass is 481 g/mol. The van der Waals surface area contributed by atoms with Gasteiger partial charge < -0.3 is 14.4 Å². The Morgan fingerprint density at radius 2 is 1.79 bits per heavy atom. The summed E-state index contributed by atoms with van der Waals surface area (Å²) in [5.41, 5.74) is 1.67. The Kier molecular flexibility index (Phi) is 8.32. The van der Waals surface area contributed by atoms with E-state index in [-0.39, 0.29) is 29.5 Å². The predicted molar refractivity (Wildman–Crippen MR) is 118 cm³/mol. The molecule has 1 amide bonds. The lowest BCUT2D eigenvalue weighted by atomic mass is 10.1. The molecule has 1 fully saturated rings. The number of nitrogens with zero attached hydrogens (tertiary/aromatic N) is 3. The fraction of sp³-hybridized carbons (Fsp3) is 0.435. The third-order valence-electron chi connectivity index (χ3n) is 5.50. The quantitative estimate of drug-likeness (QED) is 0.400. The van der Waals surface area contributed by atoms with Crippen LogP contribution in [0.3, 0.4) is 0 Å². The molecule has 3 rings (SSSR count). The van der Waals surface area contributed by atoms with Gasteiger partial charge in [0, 0.05) is 51.3 Å². The summed E-state index contributed by atoms with van der Waals surface area (Å²) in [7, 11) is 1.35. The molecule has 0 unspecified atom stereocenters. The number of nitro benzene ring substituents is 1. The van der Waals surface area contributed by atoms with E-state index < -0.39 is 17.7 Å². The highest BCUT2D eigenvalue weighted by atomic mass is 19.4. The summed E-state index contributed by atoms with van der Waals surface area (Å²) in [6, 6.07) is 11.1. The Morgan fingerprint density at radius 1 is 1.06 bits per heavy atom. The van der Waals surface area contributed by atoms with Crippen LogP contribution < -0.4 is 9.47 Å². The number of alkyl halides is 3. The van der Waals surface area contributed by atoms with Crippen LogP contribution in [0.5, 0.6) is 11.5 Å². The van der Waals surface area contributed by atoms with Crippen LogP contribution in [0.4, 0.5) is 18.9 Å². The molecular weight excluding hydrogens is 455 g/mol. The second kappa shape index (κ2) is 11.2. The summed E-state index contributed by atoms with van der Waals surface area (Å²) >= 11 is 0. The maximum absolute atomic E-state index is 12.6. The van der Waals surface area contributed by atoms with Crippen LogP contribution in [0.15, 0.2) is 42.5 Å².